The Kier molecular flexibility index (Phi) is 4.08. The summed E-state index contributed by atoms with van der Waals surface area (Å²) in [5.41, 5.74) is 0. The molecular weight excluding hydrogens is 222 g/mol. The fourth-order valence-corrected chi connectivity index (χ4v) is 1.00. The van der Waals surface area contributed by atoms with E-state index in [1.807, 2.05) is 0 Å². The van der Waals surface area contributed by atoms with Gasteiger partial charge < -0.3 is 4.74 Å². The maximum atomic E-state index is 12.4. The van der Waals surface area contributed by atoms with Crippen LogP contribution in [-0.4, -0.2) is 11.9 Å². The van der Waals surface area contributed by atoms with Crippen molar-refractivity contribution in [2.75, 3.05) is 11.9 Å². The van der Waals surface area contributed by atoms with Gasteiger partial charge in [0, 0.05) is 5.33 Å². The fraction of sp³-hybridized carbons (Fsp3) is 0.333. The average molecular weight is 232 g/mol. The maximum absolute atomic E-state index is 12.4. The second-order valence-electron chi connectivity index (χ2n) is 2.34. The van der Waals surface area contributed by atoms with E-state index in [0.29, 0.717) is 6.61 Å². The van der Waals surface area contributed by atoms with Gasteiger partial charge in [-0.3, -0.25) is 0 Å². The maximum Gasteiger partial charge on any atom is 0.123 e. The molecule has 0 amide bonds. The molecule has 1 nitrogen and oxygen atoms in total. The van der Waals surface area contributed by atoms with E-state index in [-0.39, 0.29) is 5.82 Å². The normalized spacial score (nSPS) is 9.83. The first kappa shape index (κ1) is 9.52. The summed E-state index contributed by atoms with van der Waals surface area (Å²) in [7, 11) is 0. The van der Waals surface area contributed by atoms with Gasteiger partial charge in [0.2, 0.25) is 0 Å². The standard InChI is InChI=1S/C9H10BrFO/c10-6-1-7-12-9-4-2-8(11)3-5-9/h2-5H,1,6-7H2/i11-1. The van der Waals surface area contributed by atoms with Crippen molar-refractivity contribution in [1.82, 2.24) is 0 Å². The molecule has 1 rings (SSSR count). The second kappa shape index (κ2) is 5.14. The van der Waals surface area contributed by atoms with Gasteiger partial charge in [-0.1, -0.05) is 15.9 Å². The Balaban J connectivity index is 2.37. The molecule has 0 fully saturated rings. The Labute approximate surface area is 79.7 Å². The zero-order valence-corrected chi connectivity index (χ0v) is 8.18. The van der Waals surface area contributed by atoms with Crippen molar-refractivity contribution in [3.8, 4) is 5.75 Å². The highest BCUT2D eigenvalue weighted by atomic mass is 79.9. The highest BCUT2D eigenvalue weighted by Gasteiger charge is 1.92. The molecular formula is C9H10BrFO. The van der Waals surface area contributed by atoms with Crippen LogP contribution < -0.4 is 4.74 Å². The lowest BCUT2D eigenvalue weighted by Crippen LogP contribution is -1.97. The van der Waals surface area contributed by atoms with Crippen molar-refractivity contribution in [3.63, 3.8) is 0 Å². The van der Waals surface area contributed by atoms with Gasteiger partial charge in [-0.05, 0) is 30.7 Å². The number of rotatable bonds is 4. The van der Waals surface area contributed by atoms with E-state index in [0.717, 1.165) is 17.5 Å². The van der Waals surface area contributed by atoms with Gasteiger partial charge in [0.05, 0.1) is 6.61 Å². The summed E-state index contributed by atoms with van der Waals surface area (Å²) in [6.45, 7) is 0.664. The van der Waals surface area contributed by atoms with Gasteiger partial charge in [-0.25, -0.2) is 4.39 Å². The van der Waals surface area contributed by atoms with Crippen LogP contribution in [0.2, 0.25) is 0 Å². The van der Waals surface area contributed by atoms with E-state index in [1.54, 1.807) is 12.1 Å². The molecule has 0 heterocycles. The lowest BCUT2D eigenvalue weighted by atomic mass is 10.3. The summed E-state index contributed by atoms with van der Waals surface area (Å²) in [5.74, 6) is 0.486. The van der Waals surface area contributed by atoms with E-state index >= 15 is 0 Å². The first-order valence-electron chi connectivity index (χ1n) is 3.77. The molecule has 0 bridgehead atoms. The van der Waals surface area contributed by atoms with E-state index in [2.05, 4.69) is 15.9 Å². The predicted octanol–water partition coefficient (Wildman–Crippen LogP) is 2.99. The summed E-state index contributed by atoms with van der Waals surface area (Å²) < 4.78 is 17.7. The molecule has 0 N–H and O–H groups in total. The number of hydrogen-bond donors (Lipinski definition) is 0. The third kappa shape index (κ3) is 3.22. The van der Waals surface area contributed by atoms with Gasteiger partial charge in [0.15, 0.2) is 0 Å². The average Bonchev–Trinajstić information content (AvgIpc) is 2.09. The van der Waals surface area contributed by atoms with Crippen LogP contribution in [0.25, 0.3) is 0 Å². The monoisotopic (exact) mass is 231 g/mol. The first-order valence-corrected chi connectivity index (χ1v) is 4.89. The SMILES string of the molecule is [18F]c1ccc(OCCCBr)cc1. The minimum atomic E-state index is -0.233. The summed E-state index contributed by atoms with van der Waals surface area (Å²) in [6, 6.07) is 6.04. The molecule has 0 spiro atoms. The van der Waals surface area contributed by atoms with Crippen LogP contribution in [0.3, 0.4) is 0 Å². The van der Waals surface area contributed by atoms with Gasteiger partial charge in [0.1, 0.15) is 11.6 Å². The third-order valence-electron chi connectivity index (χ3n) is 1.36. The van der Waals surface area contributed by atoms with Gasteiger partial charge in [0.25, 0.3) is 0 Å². The third-order valence-corrected chi connectivity index (χ3v) is 1.92. The number of benzene rings is 1. The predicted molar refractivity (Wildman–Crippen MR) is 50.3 cm³/mol. The quantitative estimate of drug-likeness (QED) is 0.572. The smallest absolute Gasteiger partial charge is 0.123 e. The minimum Gasteiger partial charge on any atom is -0.494 e. The lowest BCUT2D eigenvalue weighted by molar-refractivity contribution is 0.318. The molecule has 0 aromatic heterocycles. The highest BCUT2D eigenvalue weighted by molar-refractivity contribution is 9.09. The van der Waals surface area contributed by atoms with Crippen LogP contribution in [-0.2, 0) is 0 Å². The number of halogens is 2. The van der Waals surface area contributed by atoms with Crippen LogP contribution in [0.5, 0.6) is 5.75 Å². The van der Waals surface area contributed by atoms with E-state index < -0.39 is 0 Å². The molecule has 1 aromatic rings. The van der Waals surface area contributed by atoms with Crippen molar-refractivity contribution in [1.29, 1.82) is 0 Å². The van der Waals surface area contributed by atoms with Crippen molar-refractivity contribution in [2.24, 2.45) is 0 Å². The Morgan fingerprint density at radius 3 is 2.50 bits per heavy atom. The Morgan fingerprint density at radius 1 is 1.25 bits per heavy atom. The van der Waals surface area contributed by atoms with Crippen LogP contribution >= 0.6 is 15.9 Å². The summed E-state index contributed by atoms with van der Waals surface area (Å²) >= 11 is 3.29. The first-order chi connectivity index (χ1) is 5.83. The van der Waals surface area contributed by atoms with Crippen LogP contribution in [0.4, 0.5) is 4.39 Å². The van der Waals surface area contributed by atoms with E-state index in [4.69, 9.17) is 4.74 Å². The van der Waals surface area contributed by atoms with Crippen molar-refractivity contribution < 1.29 is 9.13 Å². The van der Waals surface area contributed by atoms with Gasteiger partial charge in [-0.2, -0.15) is 0 Å². The molecule has 0 unspecified atom stereocenters. The van der Waals surface area contributed by atoms with E-state index in [9.17, 15) is 4.39 Å². The Hall–Kier alpha value is -0.570. The van der Waals surface area contributed by atoms with E-state index in [1.165, 1.54) is 12.1 Å². The summed E-state index contributed by atoms with van der Waals surface area (Å²) in [6.07, 6.45) is 0.956. The molecule has 0 saturated heterocycles. The molecule has 0 saturated carbocycles. The minimum absolute atomic E-state index is 0.233. The number of hydrogen-bond acceptors (Lipinski definition) is 1. The van der Waals surface area contributed by atoms with Crippen molar-refractivity contribution in [2.45, 2.75) is 6.42 Å². The Bertz CT molecular complexity index is 222. The fourth-order valence-electron chi connectivity index (χ4n) is 0.775. The van der Waals surface area contributed by atoms with Crippen molar-refractivity contribution >= 4 is 15.9 Å². The molecule has 12 heavy (non-hydrogen) atoms. The van der Waals surface area contributed by atoms with Gasteiger partial charge in [-0.15, -0.1) is 0 Å². The Morgan fingerprint density at radius 2 is 1.92 bits per heavy atom. The van der Waals surface area contributed by atoms with Crippen LogP contribution in [0, 0.1) is 5.82 Å². The lowest BCUT2D eigenvalue weighted by Gasteiger charge is -2.03. The van der Waals surface area contributed by atoms with Crippen LogP contribution in [0.1, 0.15) is 6.42 Å². The molecule has 0 aliphatic heterocycles. The molecule has 66 valence electrons. The molecule has 1 aromatic carbocycles. The number of alkyl halides is 1. The number of ether oxygens (including phenoxy) is 1. The largest absolute Gasteiger partial charge is 0.494 e. The molecule has 3 heteroatoms. The molecule has 0 aliphatic rings. The zero-order chi connectivity index (χ0) is 8.81. The topological polar surface area (TPSA) is 9.23 Å². The highest BCUT2D eigenvalue weighted by Crippen LogP contribution is 2.11. The zero-order valence-electron chi connectivity index (χ0n) is 6.59. The molecule has 0 radical (unpaired) electrons. The molecule has 0 atom stereocenters. The summed E-state index contributed by atoms with van der Waals surface area (Å²) in [4.78, 5) is 0. The second-order valence-corrected chi connectivity index (χ2v) is 3.14. The van der Waals surface area contributed by atoms with Crippen molar-refractivity contribution in [3.05, 3.63) is 30.1 Å². The van der Waals surface area contributed by atoms with Gasteiger partial charge >= 0.3 is 0 Å². The van der Waals surface area contributed by atoms with Crippen LogP contribution in [0.15, 0.2) is 24.3 Å². The summed E-state index contributed by atoms with van der Waals surface area (Å²) in [5, 5.41) is 0.925. The molecule has 0 aliphatic carbocycles.